The fraction of sp³-hybridized carbons (Fsp3) is 0.667. The molecule has 0 saturated heterocycles. The van der Waals surface area contributed by atoms with Crippen molar-refractivity contribution in [2.24, 2.45) is 0 Å². The number of carbonyl (C=O) groups is 4. The lowest BCUT2D eigenvalue weighted by molar-refractivity contribution is -0.142. The van der Waals surface area contributed by atoms with Crippen molar-refractivity contribution >= 4 is 23.6 Å². The van der Waals surface area contributed by atoms with Crippen molar-refractivity contribution in [3.8, 4) is 0 Å². The number of hydrogen-bond donors (Lipinski definition) is 3. The number of nitrogens with one attached hydrogen (secondary N) is 2. The van der Waals surface area contributed by atoms with E-state index in [1.807, 2.05) is 0 Å². The average molecular weight is 272 g/mol. The van der Waals surface area contributed by atoms with E-state index in [9.17, 15) is 19.2 Å². The molecule has 19 heavy (non-hydrogen) atoms. The van der Waals surface area contributed by atoms with Crippen LogP contribution in [0, 0.1) is 0 Å². The van der Waals surface area contributed by atoms with Crippen LogP contribution in [0.2, 0.25) is 0 Å². The van der Waals surface area contributed by atoms with E-state index >= 15 is 0 Å². The molecule has 0 aliphatic heterocycles. The molecule has 7 nitrogen and oxygen atoms in total. The molecule has 0 radical (unpaired) electrons. The van der Waals surface area contributed by atoms with Gasteiger partial charge in [0.15, 0.2) is 0 Å². The van der Waals surface area contributed by atoms with Crippen LogP contribution in [0.3, 0.4) is 0 Å². The average Bonchev–Trinajstić information content (AvgIpc) is 2.39. The zero-order chi connectivity index (χ0) is 14.8. The largest absolute Gasteiger partial charge is 0.480 e. The number of aliphatic carboxylic acids is 1. The Morgan fingerprint density at radius 3 is 2.16 bits per heavy atom. The van der Waals surface area contributed by atoms with Crippen molar-refractivity contribution in [2.75, 3.05) is 7.05 Å². The van der Waals surface area contributed by atoms with Crippen LogP contribution in [0.4, 0.5) is 0 Å². The molecule has 0 aliphatic carbocycles. The van der Waals surface area contributed by atoms with Crippen molar-refractivity contribution in [3.63, 3.8) is 0 Å². The quantitative estimate of drug-likeness (QED) is 0.540. The summed E-state index contributed by atoms with van der Waals surface area (Å²) in [7, 11) is 1.48. The molecule has 1 atom stereocenters. The summed E-state index contributed by atoms with van der Waals surface area (Å²) >= 11 is 0. The lowest BCUT2D eigenvalue weighted by Gasteiger charge is -2.13. The number of carboxylic acids is 1. The minimum atomic E-state index is -1.17. The molecular weight excluding hydrogens is 252 g/mol. The number of rotatable bonds is 9. The molecule has 0 aromatic carbocycles. The van der Waals surface area contributed by atoms with Gasteiger partial charge in [0.05, 0.1) is 0 Å². The Bertz CT molecular complexity index is 354. The van der Waals surface area contributed by atoms with Crippen molar-refractivity contribution in [3.05, 3.63) is 0 Å². The Hall–Kier alpha value is -1.92. The lowest BCUT2D eigenvalue weighted by atomic mass is 10.1. The Morgan fingerprint density at radius 2 is 1.68 bits per heavy atom. The highest BCUT2D eigenvalue weighted by molar-refractivity contribution is 5.86. The van der Waals surface area contributed by atoms with E-state index in [0.29, 0.717) is 0 Å². The molecule has 0 bridgehead atoms. The molecular formula is C12H20N2O5. The fourth-order valence-electron chi connectivity index (χ4n) is 1.36. The zero-order valence-electron chi connectivity index (χ0n) is 11.2. The number of carbonyl (C=O) groups excluding carboxylic acids is 3. The van der Waals surface area contributed by atoms with Gasteiger partial charge in [0.2, 0.25) is 11.8 Å². The Balaban J connectivity index is 4.10. The Labute approximate surface area is 111 Å². The van der Waals surface area contributed by atoms with Gasteiger partial charge in [-0.05, 0) is 6.42 Å². The second-order valence-corrected chi connectivity index (χ2v) is 4.06. The molecule has 0 aromatic rings. The van der Waals surface area contributed by atoms with Crippen LogP contribution in [-0.4, -0.2) is 41.8 Å². The molecule has 0 fully saturated rings. The van der Waals surface area contributed by atoms with E-state index in [1.54, 1.807) is 6.92 Å². The van der Waals surface area contributed by atoms with Gasteiger partial charge < -0.3 is 15.7 Å². The number of hydrogen-bond acceptors (Lipinski definition) is 4. The van der Waals surface area contributed by atoms with Gasteiger partial charge in [-0.2, -0.15) is 0 Å². The summed E-state index contributed by atoms with van der Waals surface area (Å²) in [5, 5.41) is 13.6. The highest BCUT2D eigenvalue weighted by Gasteiger charge is 2.20. The molecule has 0 rings (SSSR count). The number of Topliss-reactive ketones (excluding diaryl/α,β-unsaturated/α-hetero) is 1. The monoisotopic (exact) mass is 272 g/mol. The fourth-order valence-corrected chi connectivity index (χ4v) is 1.36. The first-order chi connectivity index (χ1) is 8.90. The molecule has 0 aromatic heterocycles. The third-order valence-corrected chi connectivity index (χ3v) is 2.58. The number of ketones is 1. The smallest absolute Gasteiger partial charge is 0.326 e. The predicted octanol–water partition coefficient (Wildman–Crippen LogP) is -0.159. The van der Waals surface area contributed by atoms with Crippen LogP contribution in [0.5, 0.6) is 0 Å². The first-order valence-corrected chi connectivity index (χ1v) is 6.15. The van der Waals surface area contributed by atoms with Gasteiger partial charge in [0.25, 0.3) is 0 Å². The molecule has 3 N–H and O–H groups in total. The molecule has 0 aliphatic rings. The van der Waals surface area contributed by atoms with Gasteiger partial charge in [0.1, 0.15) is 11.8 Å². The first kappa shape index (κ1) is 17.1. The summed E-state index contributed by atoms with van der Waals surface area (Å²) in [6.45, 7) is 1.61. The van der Waals surface area contributed by atoms with Gasteiger partial charge in [-0.3, -0.25) is 14.4 Å². The highest BCUT2D eigenvalue weighted by atomic mass is 16.4. The highest BCUT2D eigenvalue weighted by Crippen LogP contribution is 2.03. The molecule has 0 spiro atoms. The maximum Gasteiger partial charge on any atom is 0.326 e. The summed E-state index contributed by atoms with van der Waals surface area (Å²) in [5.74, 6) is -1.96. The van der Waals surface area contributed by atoms with Crippen molar-refractivity contribution in [1.29, 1.82) is 0 Å². The number of carboxylic acid groups (broad SMARTS) is 1. The minimum Gasteiger partial charge on any atom is -0.480 e. The van der Waals surface area contributed by atoms with Crippen molar-refractivity contribution in [1.82, 2.24) is 10.6 Å². The zero-order valence-corrected chi connectivity index (χ0v) is 11.2. The summed E-state index contributed by atoms with van der Waals surface area (Å²) < 4.78 is 0. The van der Waals surface area contributed by atoms with E-state index in [4.69, 9.17) is 5.11 Å². The third-order valence-electron chi connectivity index (χ3n) is 2.58. The maximum absolute atomic E-state index is 11.5. The van der Waals surface area contributed by atoms with Gasteiger partial charge in [0, 0.05) is 32.7 Å². The van der Waals surface area contributed by atoms with E-state index in [0.717, 1.165) is 0 Å². The maximum atomic E-state index is 11.5. The molecule has 7 heteroatoms. The van der Waals surface area contributed by atoms with E-state index in [1.165, 1.54) is 7.05 Å². The molecule has 0 heterocycles. The topological polar surface area (TPSA) is 113 Å². The molecule has 2 amide bonds. The standard InChI is InChI=1S/C12H20N2O5/c1-3-10(16)14-9(12(18)19)6-4-8(15)5-7-11(17)13-2/h9H,3-7H2,1-2H3,(H,13,17)(H,14,16)(H,18,19). The summed E-state index contributed by atoms with van der Waals surface area (Å²) in [4.78, 5) is 44.4. The van der Waals surface area contributed by atoms with Gasteiger partial charge >= 0.3 is 5.97 Å². The summed E-state index contributed by atoms with van der Waals surface area (Å²) in [6, 6.07) is -1.06. The molecule has 1 unspecified atom stereocenters. The lowest BCUT2D eigenvalue weighted by Crippen LogP contribution is -2.40. The van der Waals surface area contributed by atoms with Crippen LogP contribution in [-0.2, 0) is 19.2 Å². The van der Waals surface area contributed by atoms with Gasteiger partial charge in [-0.15, -0.1) is 0 Å². The van der Waals surface area contributed by atoms with Crippen LogP contribution >= 0.6 is 0 Å². The normalized spacial score (nSPS) is 11.5. The summed E-state index contributed by atoms with van der Waals surface area (Å²) in [5.41, 5.74) is 0. The van der Waals surface area contributed by atoms with E-state index in [-0.39, 0.29) is 49.7 Å². The summed E-state index contributed by atoms with van der Waals surface area (Å²) in [6.07, 6.45) is 0.419. The van der Waals surface area contributed by atoms with Crippen molar-refractivity contribution in [2.45, 2.75) is 45.1 Å². The molecule has 0 saturated carbocycles. The van der Waals surface area contributed by atoms with Crippen LogP contribution in [0.15, 0.2) is 0 Å². The predicted molar refractivity (Wildman–Crippen MR) is 67.4 cm³/mol. The second-order valence-electron chi connectivity index (χ2n) is 4.06. The minimum absolute atomic E-state index is 0.0257. The first-order valence-electron chi connectivity index (χ1n) is 6.15. The SMILES string of the molecule is CCC(=O)NC(CCC(=O)CCC(=O)NC)C(=O)O. The van der Waals surface area contributed by atoms with Crippen LogP contribution in [0.25, 0.3) is 0 Å². The van der Waals surface area contributed by atoms with Gasteiger partial charge in [-0.25, -0.2) is 4.79 Å². The molecule has 108 valence electrons. The third kappa shape index (κ3) is 7.91. The Morgan fingerprint density at radius 1 is 1.05 bits per heavy atom. The van der Waals surface area contributed by atoms with Crippen molar-refractivity contribution < 1.29 is 24.3 Å². The van der Waals surface area contributed by atoms with Crippen LogP contribution < -0.4 is 10.6 Å². The van der Waals surface area contributed by atoms with Gasteiger partial charge in [-0.1, -0.05) is 6.92 Å². The number of amides is 2. The van der Waals surface area contributed by atoms with E-state index < -0.39 is 12.0 Å². The van der Waals surface area contributed by atoms with E-state index in [2.05, 4.69) is 10.6 Å². The van der Waals surface area contributed by atoms with Crippen LogP contribution in [0.1, 0.15) is 39.0 Å². The second kappa shape index (κ2) is 9.07. The Kier molecular flexibility index (Phi) is 8.15.